The Hall–Kier alpha value is -0.0800. The third kappa shape index (κ3) is 13.6. The largest absolute Gasteiger partial charge is 0.317 e. The SMILES string of the molecule is CCC(CC)CCCCCCNCCCNCC(CC)CC. The van der Waals surface area contributed by atoms with Gasteiger partial charge in [0.25, 0.3) is 0 Å². The Kier molecular flexibility index (Phi) is 17.2. The minimum absolute atomic E-state index is 0.868. The first-order valence-electron chi connectivity index (χ1n) is 10.2. The maximum absolute atomic E-state index is 3.59. The topological polar surface area (TPSA) is 24.1 Å². The fraction of sp³-hybridized carbons (Fsp3) is 1.00. The number of unbranched alkanes of at least 4 members (excludes halogenated alkanes) is 3. The summed E-state index contributed by atoms with van der Waals surface area (Å²) in [6, 6.07) is 0. The molecule has 0 bridgehead atoms. The van der Waals surface area contributed by atoms with E-state index in [-0.39, 0.29) is 0 Å². The van der Waals surface area contributed by atoms with Gasteiger partial charge >= 0.3 is 0 Å². The lowest BCUT2D eigenvalue weighted by molar-refractivity contribution is 0.426. The van der Waals surface area contributed by atoms with Gasteiger partial charge in [-0.3, -0.25) is 0 Å². The van der Waals surface area contributed by atoms with Crippen LogP contribution in [0.25, 0.3) is 0 Å². The van der Waals surface area contributed by atoms with Gasteiger partial charge < -0.3 is 10.6 Å². The fourth-order valence-electron chi connectivity index (χ4n) is 3.08. The molecule has 0 heterocycles. The molecule has 0 aliphatic rings. The van der Waals surface area contributed by atoms with Crippen LogP contribution in [-0.2, 0) is 0 Å². The molecule has 22 heavy (non-hydrogen) atoms. The van der Waals surface area contributed by atoms with E-state index in [1.807, 2.05) is 0 Å². The van der Waals surface area contributed by atoms with Crippen molar-refractivity contribution >= 4 is 0 Å². The van der Waals surface area contributed by atoms with Crippen LogP contribution in [0.3, 0.4) is 0 Å². The molecule has 0 aromatic heterocycles. The highest BCUT2D eigenvalue weighted by atomic mass is 14.9. The van der Waals surface area contributed by atoms with Crippen LogP contribution in [0.4, 0.5) is 0 Å². The Bertz CT molecular complexity index is 176. The molecule has 0 amide bonds. The molecule has 0 radical (unpaired) electrons. The van der Waals surface area contributed by atoms with Crippen LogP contribution >= 0.6 is 0 Å². The molecular formula is C20H44N2. The van der Waals surface area contributed by atoms with Crippen LogP contribution in [-0.4, -0.2) is 26.2 Å². The number of hydrogen-bond acceptors (Lipinski definition) is 2. The smallest absolute Gasteiger partial charge is 0.00207 e. The number of hydrogen-bond donors (Lipinski definition) is 2. The zero-order chi connectivity index (χ0) is 16.5. The van der Waals surface area contributed by atoms with E-state index in [0.29, 0.717) is 0 Å². The Morgan fingerprint density at radius 2 is 1.09 bits per heavy atom. The molecule has 0 atom stereocenters. The van der Waals surface area contributed by atoms with E-state index < -0.39 is 0 Å². The summed E-state index contributed by atoms with van der Waals surface area (Å²) >= 11 is 0. The van der Waals surface area contributed by atoms with Gasteiger partial charge in [0, 0.05) is 0 Å². The second-order valence-electron chi connectivity index (χ2n) is 6.88. The molecule has 2 heteroatoms. The molecular weight excluding hydrogens is 268 g/mol. The van der Waals surface area contributed by atoms with E-state index >= 15 is 0 Å². The maximum Gasteiger partial charge on any atom is -0.00207 e. The van der Waals surface area contributed by atoms with Crippen molar-refractivity contribution in [3.05, 3.63) is 0 Å². The second-order valence-corrected chi connectivity index (χ2v) is 6.88. The Labute approximate surface area is 141 Å². The molecule has 0 fully saturated rings. The summed E-state index contributed by atoms with van der Waals surface area (Å²) in [4.78, 5) is 0. The molecule has 0 saturated carbocycles. The third-order valence-corrected chi connectivity index (χ3v) is 5.17. The lowest BCUT2D eigenvalue weighted by atomic mass is 9.96. The molecule has 0 aliphatic heterocycles. The molecule has 0 spiro atoms. The van der Waals surface area contributed by atoms with E-state index in [1.165, 1.54) is 90.4 Å². The molecule has 0 aromatic carbocycles. The van der Waals surface area contributed by atoms with Crippen LogP contribution in [0.2, 0.25) is 0 Å². The van der Waals surface area contributed by atoms with Crippen molar-refractivity contribution in [2.24, 2.45) is 11.8 Å². The van der Waals surface area contributed by atoms with E-state index in [0.717, 1.165) is 11.8 Å². The summed E-state index contributed by atoms with van der Waals surface area (Å²) in [5.74, 6) is 1.85. The monoisotopic (exact) mass is 312 g/mol. The van der Waals surface area contributed by atoms with Gasteiger partial charge in [-0.15, -0.1) is 0 Å². The van der Waals surface area contributed by atoms with Crippen LogP contribution < -0.4 is 10.6 Å². The summed E-state index contributed by atoms with van der Waals surface area (Å²) in [7, 11) is 0. The van der Waals surface area contributed by atoms with Gasteiger partial charge in [-0.05, 0) is 50.9 Å². The van der Waals surface area contributed by atoms with Crippen molar-refractivity contribution in [1.29, 1.82) is 0 Å². The average Bonchev–Trinajstić information content (AvgIpc) is 2.55. The highest BCUT2D eigenvalue weighted by molar-refractivity contribution is 4.60. The van der Waals surface area contributed by atoms with Gasteiger partial charge in [-0.1, -0.05) is 79.1 Å². The summed E-state index contributed by atoms with van der Waals surface area (Å²) in [5.41, 5.74) is 0. The Morgan fingerprint density at radius 1 is 0.545 bits per heavy atom. The first-order chi connectivity index (χ1) is 10.8. The lowest BCUT2D eigenvalue weighted by Crippen LogP contribution is -2.26. The van der Waals surface area contributed by atoms with Crippen molar-refractivity contribution in [3.8, 4) is 0 Å². The molecule has 2 N–H and O–H groups in total. The van der Waals surface area contributed by atoms with E-state index in [1.54, 1.807) is 0 Å². The first-order valence-corrected chi connectivity index (χ1v) is 10.2. The fourth-order valence-corrected chi connectivity index (χ4v) is 3.08. The van der Waals surface area contributed by atoms with Gasteiger partial charge in [0.05, 0.1) is 0 Å². The lowest BCUT2D eigenvalue weighted by Gasteiger charge is -2.13. The molecule has 0 aliphatic carbocycles. The normalized spacial score (nSPS) is 11.7. The Balaban J connectivity index is 3.14. The van der Waals surface area contributed by atoms with Crippen molar-refractivity contribution in [1.82, 2.24) is 10.6 Å². The van der Waals surface area contributed by atoms with E-state index in [4.69, 9.17) is 0 Å². The summed E-state index contributed by atoms with van der Waals surface area (Å²) in [6.07, 6.45) is 13.7. The van der Waals surface area contributed by atoms with Gasteiger partial charge in [0.2, 0.25) is 0 Å². The average molecular weight is 313 g/mol. The quantitative estimate of drug-likeness (QED) is 0.352. The maximum atomic E-state index is 3.59. The molecule has 134 valence electrons. The van der Waals surface area contributed by atoms with Crippen molar-refractivity contribution in [2.75, 3.05) is 26.2 Å². The van der Waals surface area contributed by atoms with E-state index in [2.05, 4.69) is 38.3 Å². The van der Waals surface area contributed by atoms with Crippen LogP contribution in [0.15, 0.2) is 0 Å². The van der Waals surface area contributed by atoms with Gasteiger partial charge in [0.15, 0.2) is 0 Å². The van der Waals surface area contributed by atoms with E-state index in [9.17, 15) is 0 Å². The predicted molar refractivity (Wildman–Crippen MR) is 102 cm³/mol. The molecule has 0 saturated heterocycles. The minimum atomic E-state index is 0.868. The summed E-state index contributed by atoms with van der Waals surface area (Å²) < 4.78 is 0. The standard InChI is InChI=1S/C20H44N2/c1-5-19(6-2)14-11-9-10-12-15-21-16-13-17-22-18-20(7-3)8-4/h19-22H,5-18H2,1-4H3. The minimum Gasteiger partial charge on any atom is -0.317 e. The van der Waals surface area contributed by atoms with Crippen LogP contribution in [0.1, 0.15) is 91.9 Å². The Morgan fingerprint density at radius 3 is 1.73 bits per heavy atom. The highest BCUT2D eigenvalue weighted by Crippen LogP contribution is 2.16. The van der Waals surface area contributed by atoms with Gasteiger partial charge in [-0.25, -0.2) is 0 Å². The predicted octanol–water partition coefficient (Wildman–Crippen LogP) is 5.38. The van der Waals surface area contributed by atoms with Crippen LogP contribution in [0, 0.1) is 11.8 Å². The van der Waals surface area contributed by atoms with Crippen molar-refractivity contribution in [2.45, 2.75) is 91.9 Å². The number of rotatable bonds is 17. The third-order valence-electron chi connectivity index (χ3n) is 5.17. The van der Waals surface area contributed by atoms with Crippen LogP contribution in [0.5, 0.6) is 0 Å². The molecule has 0 unspecified atom stereocenters. The zero-order valence-corrected chi connectivity index (χ0v) is 16.1. The highest BCUT2D eigenvalue weighted by Gasteiger charge is 2.02. The van der Waals surface area contributed by atoms with Crippen molar-refractivity contribution < 1.29 is 0 Å². The summed E-state index contributed by atoms with van der Waals surface area (Å²) in [5, 5.41) is 7.17. The van der Waals surface area contributed by atoms with Gasteiger partial charge in [0.1, 0.15) is 0 Å². The van der Waals surface area contributed by atoms with Crippen molar-refractivity contribution in [3.63, 3.8) is 0 Å². The molecule has 0 rings (SSSR count). The summed E-state index contributed by atoms with van der Waals surface area (Å²) in [6.45, 7) is 14.0. The van der Waals surface area contributed by atoms with Gasteiger partial charge in [-0.2, -0.15) is 0 Å². The molecule has 2 nitrogen and oxygen atoms in total. The first kappa shape index (κ1) is 21.9. The second kappa shape index (κ2) is 17.3. The zero-order valence-electron chi connectivity index (χ0n) is 16.1. The number of nitrogens with one attached hydrogen (secondary N) is 2. The molecule has 0 aromatic rings.